The highest BCUT2D eigenvalue weighted by Gasteiger charge is 2.52. The van der Waals surface area contributed by atoms with Gasteiger partial charge in [0.2, 0.25) is 5.34 Å². The average molecular weight is 643 g/mol. The molecule has 0 radical (unpaired) electrons. The molecule has 2 aromatic heterocycles. The van der Waals surface area contributed by atoms with Gasteiger partial charge < -0.3 is 49.7 Å². The number of ether oxygens (including phenoxy) is 3. The molecule has 5 rings (SSSR count). The summed E-state index contributed by atoms with van der Waals surface area (Å²) in [6, 6.07) is 8.47. The van der Waals surface area contributed by atoms with Crippen molar-refractivity contribution in [3.05, 3.63) is 47.2 Å². The van der Waals surface area contributed by atoms with Gasteiger partial charge in [-0.1, -0.05) is 36.6 Å². The van der Waals surface area contributed by atoms with Crippen molar-refractivity contribution in [2.45, 2.75) is 68.0 Å². The van der Waals surface area contributed by atoms with Crippen molar-refractivity contribution in [2.75, 3.05) is 31.7 Å². The molecule has 1 unspecified atom stereocenters. The van der Waals surface area contributed by atoms with Crippen molar-refractivity contribution in [3.63, 3.8) is 0 Å². The topological polar surface area (TPSA) is 209 Å². The van der Waals surface area contributed by atoms with Crippen LogP contribution in [0.15, 0.2) is 36.5 Å². The maximum atomic E-state index is 12.5. The maximum absolute atomic E-state index is 12.5. The van der Waals surface area contributed by atoms with Crippen LogP contribution in [0, 0.1) is 0 Å². The normalized spacial score (nSPS) is 24.4. The van der Waals surface area contributed by atoms with Crippen LogP contribution >= 0.6 is 19.2 Å². The van der Waals surface area contributed by atoms with Crippen LogP contribution in [0.5, 0.6) is 5.75 Å². The Balaban J connectivity index is 1.31. The molecule has 3 heterocycles. The molecular formula is C27H36ClN4O10P. The molecule has 1 aliphatic heterocycles. The van der Waals surface area contributed by atoms with Gasteiger partial charge in [-0.25, -0.2) is 9.67 Å². The van der Waals surface area contributed by atoms with E-state index in [1.165, 1.54) is 4.68 Å². The van der Waals surface area contributed by atoms with Crippen LogP contribution in [0.3, 0.4) is 0 Å². The van der Waals surface area contributed by atoms with Gasteiger partial charge in [0.25, 0.3) is 0 Å². The van der Waals surface area contributed by atoms with Crippen molar-refractivity contribution in [3.8, 4) is 5.75 Å². The lowest BCUT2D eigenvalue weighted by atomic mass is 10.1. The lowest BCUT2D eigenvalue weighted by Gasteiger charge is -2.33. The molecule has 2 fully saturated rings. The molecule has 1 aliphatic carbocycles. The molecule has 236 valence electrons. The summed E-state index contributed by atoms with van der Waals surface area (Å²) < 4.78 is 30.8. The summed E-state index contributed by atoms with van der Waals surface area (Å²) in [4.78, 5) is 24.6. The zero-order valence-corrected chi connectivity index (χ0v) is 24.8. The number of anilines is 1. The van der Waals surface area contributed by atoms with Gasteiger partial charge in [0, 0.05) is 12.6 Å². The van der Waals surface area contributed by atoms with Crippen molar-refractivity contribution < 1.29 is 49.0 Å². The minimum Gasteiger partial charge on any atom is -0.490 e. The third kappa shape index (κ3) is 6.84. The van der Waals surface area contributed by atoms with Gasteiger partial charge in [0.15, 0.2) is 11.9 Å². The predicted molar refractivity (Wildman–Crippen MR) is 155 cm³/mol. The molecule has 0 spiro atoms. The lowest BCUT2D eigenvalue weighted by Crippen LogP contribution is -2.46. The minimum absolute atomic E-state index is 0.0376. The first-order valence-corrected chi connectivity index (χ1v) is 16.0. The van der Waals surface area contributed by atoms with E-state index < -0.39 is 57.3 Å². The summed E-state index contributed by atoms with van der Waals surface area (Å²) in [6.07, 6.45) is 0.783. The van der Waals surface area contributed by atoms with E-state index in [1.807, 2.05) is 0 Å². The van der Waals surface area contributed by atoms with E-state index in [0.29, 0.717) is 17.5 Å². The van der Waals surface area contributed by atoms with Crippen LogP contribution in [0.4, 0.5) is 5.69 Å². The largest absolute Gasteiger partial charge is 0.490 e. The van der Waals surface area contributed by atoms with Gasteiger partial charge >= 0.3 is 7.60 Å². The number of rotatable bonds is 13. The smallest absolute Gasteiger partial charge is 0.363 e. The Morgan fingerprint density at radius 3 is 2.51 bits per heavy atom. The van der Waals surface area contributed by atoms with Gasteiger partial charge in [0.05, 0.1) is 30.5 Å². The minimum atomic E-state index is -5.15. The van der Waals surface area contributed by atoms with Crippen LogP contribution in [-0.4, -0.2) is 101 Å². The molecular weight excluding hydrogens is 607 g/mol. The summed E-state index contributed by atoms with van der Waals surface area (Å²) in [5, 5.41) is 46.9. The van der Waals surface area contributed by atoms with Crippen LogP contribution in [0.25, 0.3) is 11.0 Å². The standard InChI is InChI=1S/C27H36ClN4O10P/c28-22-11-20(30-17-3-1-2-4-17)19-12-29-32(25(19)31-22)26-24(36)23(35)21(42-26)13-41-27(14-34,43(37,38)39)15-40-18-7-5-16(6-8-18)9-10-33/h5-8,11-12,17,21,23-24,26,33-36H,1-4,9-10,13-15H2,(H,30,31)(H2,37,38,39)/t21-,23-,24-,26-,27?/m1/s1. The molecule has 1 saturated carbocycles. The number of nitrogens with zero attached hydrogens (tertiary/aromatic N) is 3. The number of hydrogen-bond acceptors (Lipinski definition) is 11. The quantitative estimate of drug-likeness (QED) is 0.104. The molecule has 7 N–H and O–H groups in total. The summed E-state index contributed by atoms with van der Waals surface area (Å²) in [7, 11) is -5.15. The first-order chi connectivity index (χ1) is 20.5. The van der Waals surface area contributed by atoms with E-state index in [9.17, 15) is 29.7 Å². The van der Waals surface area contributed by atoms with E-state index in [4.69, 9.17) is 30.9 Å². The number of fused-ring (bicyclic) bond motifs is 1. The van der Waals surface area contributed by atoms with Gasteiger partial charge in [-0.05, 0) is 43.0 Å². The van der Waals surface area contributed by atoms with E-state index in [1.54, 1.807) is 36.5 Å². The highest BCUT2D eigenvalue weighted by Crippen LogP contribution is 2.51. The molecule has 0 bridgehead atoms. The highest BCUT2D eigenvalue weighted by atomic mass is 35.5. The zero-order chi connectivity index (χ0) is 30.8. The summed E-state index contributed by atoms with van der Waals surface area (Å²) in [5.74, 6) is 0.253. The van der Waals surface area contributed by atoms with Gasteiger partial charge in [0.1, 0.15) is 35.8 Å². The van der Waals surface area contributed by atoms with E-state index >= 15 is 0 Å². The first-order valence-electron chi connectivity index (χ1n) is 14.0. The molecule has 43 heavy (non-hydrogen) atoms. The number of aliphatic hydroxyl groups excluding tert-OH is 4. The SMILES string of the molecule is O=P(O)(O)C(CO)(COc1ccc(CCO)cc1)OC[C@H]1O[C@@H](n2ncc3c(NC4CCCC4)cc(Cl)nc32)[C@H](O)[C@@H]1O. The van der Waals surface area contributed by atoms with Crippen molar-refractivity contribution in [1.29, 1.82) is 0 Å². The number of aliphatic hydroxyl groups is 4. The molecule has 1 aromatic carbocycles. The van der Waals surface area contributed by atoms with E-state index in [-0.39, 0.29) is 23.6 Å². The Kier molecular flexibility index (Phi) is 9.93. The fraction of sp³-hybridized carbons (Fsp3) is 0.556. The predicted octanol–water partition coefficient (Wildman–Crippen LogP) is 1.56. The summed E-state index contributed by atoms with van der Waals surface area (Å²) in [6.45, 7) is -2.49. The number of halogens is 1. The lowest BCUT2D eigenvalue weighted by molar-refractivity contribution is -0.119. The molecule has 5 atom stereocenters. The maximum Gasteiger partial charge on any atom is 0.363 e. The van der Waals surface area contributed by atoms with Crippen LogP contribution in [-0.2, 0) is 20.5 Å². The first kappa shape index (κ1) is 32.0. The van der Waals surface area contributed by atoms with E-state index in [0.717, 1.165) is 36.9 Å². The zero-order valence-electron chi connectivity index (χ0n) is 23.2. The molecule has 3 aromatic rings. The third-order valence-electron chi connectivity index (χ3n) is 7.91. The number of benzene rings is 1. The Morgan fingerprint density at radius 2 is 1.86 bits per heavy atom. The van der Waals surface area contributed by atoms with E-state index in [2.05, 4.69) is 15.4 Å². The third-order valence-corrected chi connectivity index (χ3v) is 9.57. The molecule has 0 amide bonds. The van der Waals surface area contributed by atoms with Gasteiger partial charge in [-0.2, -0.15) is 5.10 Å². The highest BCUT2D eigenvalue weighted by molar-refractivity contribution is 7.53. The monoisotopic (exact) mass is 642 g/mol. The second-order valence-electron chi connectivity index (χ2n) is 10.9. The van der Waals surface area contributed by atoms with Crippen molar-refractivity contribution in [2.24, 2.45) is 0 Å². The number of nitrogens with one attached hydrogen (secondary N) is 1. The molecule has 1 saturated heterocycles. The fourth-order valence-corrected chi connectivity index (χ4v) is 6.21. The molecule has 14 nitrogen and oxygen atoms in total. The second-order valence-corrected chi connectivity index (χ2v) is 13.1. The Bertz CT molecular complexity index is 1430. The summed E-state index contributed by atoms with van der Waals surface area (Å²) >= 11 is 6.31. The van der Waals surface area contributed by atoms with Crippen molar-refractivity contribution >= 4 is 35.9 Å². The second kappa shape index (κ2) is 13.3. The summed E-state index contributed by atoms with van der Waals surface area (Å²) in [5.41, 5.74) is 1.88. The van der Waals surface area contributed by atoms with Crippen LogP contribution in [0.1, 0.15) is 37.5 Å². The fourth-order valence-electron chi connectivity index (χ4n) is 5.36. The van der Waals surface area contributed by atoms with Crippen LogP contribution in [0.2, 0.25) is 5.15 Å². The number of hydrogen-bond donors (Lipinski definition) is 7. The Labute approximate surface area is 252 Å². The average Bonchev–Trinajstić information content (AvgIpc) is 3.70. The van der Waals surface area contributed by atoms with Crippen molar-refractivity contribution in [1.82, 2.24) is 14.8 Å². The molecule has 2 aliphatic rings. The van der Waals surface area contributed by atoms with Crippen LogP contribution < -0.4 is 10.1 Å². The molecule has 16 heteroatoms. The van der Waals surface area contributed by atoms with Gasteiger partial charge in [-0.3, -0.25) is 4.57 Å². The Morgan fingerprint density at radius 1 is 1.14 bits per heavy atom. The number of aromatic nitrogens is 3. The Hall–Kier alpha value is -2.36. The number of pyridine rings is 1. The van der Waals surface area contributed by atoms with Gasteiger partial charge in [-0.15, -0.1) is 0 Å².